The lowest BCUT2D eigenvalue weighted by Crippen LogP contribution is -2.40. The largest absolute Gasteiger partial charge is 0.385 e. The van der Waals surface area contributed by atoms with E-state index >= 15 is 0 Å². The normalized spacial score (nSPS) is 10.5. The number of thiocarbonyl (C=S) groups is 1. The van der Waals surface area contributed by atoms with Crippen molar-refractivity contribution in [1.29, 1.82) is 0 Å². The van der Waals surface area contributed by atoms with Crippen molar-refractivity contribution in [1.82, 2.24) is 15.5 Å². The van der Waals surface area contributed by atoms with E-state index in [1.807, 2.05) is 0 Å². The molecular formula is C11H25N3OS. The highest BCUT2D eigenvalue weighted by Gasteiger charge is 1.99. The molecule has 2 N–H and O–H groups in total. The Morgan fingerprint density at radius 1 is 1.19 bits per heavy atom. The van der Waals surface area contributed by atoms with Crippen LogP contribution in [0.15, 0.2) is 0 Å². The zero-order chi connectivity index (χ0) is 12.2. The minimum absolute atomic E-state index is 0.739. The lowest BCUT2D eigenvalue weighted by molar-refractivity contribution is 0.195. The summed E-state index contributed by atoms with van der Waals surface area (Å²) in [6, 6.07) is 0. The van der Waals surface area contributed by atoms with Crippen molar-refractivity contribution in [2.75, 3.05) is 46.4 Å². The third kappa shape index (κ3) is 8.88. The Morgan fingerprint density at radius 2 is 1.81 bits per heavy atom. The number of hydrogen-bond donors (Lipinski definition) is 2. The van der Waals surface area contributed by atoms with Gasteiger partial charge in [0.1, 0.15) is 0 Å². The quantitative estimate of drug-likeness (QED) is 0.466. The number of nitrogens with one attached hydrogen (secondary N) is 2. The van der Waals surface area contributed by atoms with Crippen LogP contribution in [0.3, 0.4) is 0 Å². The molecule has 0 bridgehead atoms. The summed E-state index contributed by atoms with van der Waals surface area (Å²) in [6.07, 6.45) is 0.981. The van der Waals surface area contributed by atoms with Crippen molar-refractivity contribution >= 4 is 17.3 Å². The molecule has 0 aromatic carbocycles. The van der Waals surface area contributed by atoms with E-state index in [1.54, 1.807) is 7.11 Å². The summed E-state index contributed by atoms with van der Waals surface area (Å²) in [7, 11) is 1.71. The third-order valence-electron chi connectivity index (χ3n) is 2.42. The van der Waals surface area contributed by atoms with Gasteiger partial charge in [0.2, 0.25) is 0 Å². The van der Waals surface area contributed by atoms with E-state index in [0.717, 1.165) is 50.9 Å². The van der Waals surface area contributed by atoms with Crippen LogP contribution in [0, 0.1) is 0 Å². The molecule has 0 aromatic heterocycles. The van der Waals surface area contributed by atoms with Crippen molar-refractivity contribution in [3.05, 3.63) is 0 Å². The first-order chi connectivity index (χ1) is 7.74. The van der Waals surface area contributed by atoms with E-state index in [0.29, 0.717) is 0 Å². The maximum absolute atomic E-state index is 5.15. The molecule has 0 saturated carbocycles. The second-order valence-electron chi connectivity index (χ2n) is 3.56. The number of methoxy groups -OCH3 is 1. The Morgan fingerprint density at radius 3 is 2.38 bits per heavy atom. The molecule has 16 heavy (non-hydrogen) atoms. The van der Waals surface area contributed by atoms with Gasteiger partial charge in [-0.1, -0.05) is 13.8 Å². The van der Waals surface area contributed by atoms with Crippen molar-refractivity contribution in [2.45, 2.75) is 20.3 Å². The number of rotatable bonds is 9. The number of nitrogens with zero attached hydrogens (tertiary/aromatic N) is 1. The van der Waals surface area contributed by atoms with Crippen LogP contribution in [0.4, 0.5) is 0 Å². The average molecular weight is 247 g/mol. The zero-order valence-corrected chi connectivity index (χ0v) is 11.5. The lowest BCUT2D eigenvalue weighted by atomic mass is 10.4. The molecule has 0 fully saturated rings. The number of ether oxygens (including phenoxy) is 1. The summed E-state index contributed by atoms with van der Waals surface area (Å²) in [5.41, 5.74) is 0. The maximum atomic E-state index is 5.15. The average Bonchev–Trinajstić information content (AvgIpc) is 2.30. The van der Waals surface area contributed by atoms with Crippen LogP contribution in [-0.2, 0) is 4.74 Å². The Balaban J connectivity index is 3.36. The minimum Gasteiger partial charge on any atom is -0.385 e. The molecule has 0 unspecified atom stereocenters. The Kier molecular flexibility index (Phi) is 10.8. The highest BCUT2D eigenvalue weighted by Crippen LogP contribution is 1.84. The van der Waals surface area contributed by atoms with E-state index in [4.69, 9.17) is 17.0 Å². The molecule has 0 aliphatic heterocycles. The Labute approximate surface area is 105 Å². The van der Waals surface area contributed by atoms with Crippen LogP contribution in [0.1, 0.15) is 20.3 Å². The molecule has 0 amide bonds. The number of likely N-dealkylation sites (N-methyl/N-ethyl adjacent to an activating group) is 1. The maximum Gasteiger partial charge on any atom is 0.166 e. The lowest BCUT2D eigenvalue weighted by Gasteiger charge is -2.18. The van der Waals surface area contributed by atoms with Gasteiger partial charge in [-0.25, -0.2) is 0 Å². The van der Waals surface area contributed by atoms with Crippen molar-refractivity contribution in [3.63, 3.8) is 0 Å². The van der Waals surface area contributed by atoms with Crippen LogP contribution >= 0.6 is 12.2 Å². The van der Waals surface area contributed by atoms with Gasteiger partial charge in [-0.05, 0) is 31.7 Å². The summed E-state index contributed by atoms with van der Waals surface area (Å²) < 4.78 is 4.95. The van der Waals surface area contributed by atoms with Crippen LogP contribution in [-0.4, -0.2) is 56.5 Å². The van der Waals surface area contributed by atoms with Gasteiger partial charge in [-0.15, -0.1) is 0 Å². The van der Waals surface area contributed by atoms with Gasteiger partial charge in [0, 0.05) is 33.4 Å². The minimum atomic E-state index is 0.739. The summed E-state index contributed by atoms with van der Waals surface area (Å²) in [5, 5.41) is 7.08. The molecule has 0 heterocycles. The van der Waals surface area contributed by atoms with Crippen LogP contribution in [0.5, 0.6) is 0 Å². The predicted octanol–water partition coefficient (Wildman–Crippen LogP) is 0.829. The fourth-order valence-electron chi connectivity index (χ4n) is 1.35. The third-order valence-corrected chi connectivity index (χ3v) is 2.71. The topological polar surface area (TPSA) is 36.5 Å². The molecule has 0 spiro atoms. The zero-order valence-electron chi connectivity index (χ0n) is 10.7. The second-order valence-corrected chi connectivity index (χ2v) is 3.96. The van der Waals surface area contributed by atoms with Crippen molar-refractivity contribution in [3.8, 4) is 0 Å². The van der Waals surface area contributed by atoms with Gasteiger partial charge in [-0.3, -0.25) is 0 Å². The summed E-state index contributed by atoms with van der Waals surface area (Å²) in [5.74, 6) is 0. The van der Waals surface area contributed by atoms with Crippen LogP contribution in [0.25, 0.3) is 0 Å². The molecule has 0 radical (unpaired) electrons. The number of hydrogen-bond acceptors (Lipinski definition) is 3. The first-order valence-corrected chi connectivity index (χ1v) is 6.38. The van der Waals surface area contributed by atoms with E-state index in [9.17, 15) is 0 Å². The summed E-state index contributed by atoms with van der Waals surface area (Å²) in [6.45, 7) is 10.1. The second kappa shape index (κ2) is 11.1. The van der Waals surface area contributed by atoms with Crippen LogP contribution in [0.2, 0.25) is 0 Å². The molecule has 4 nitrogen and oxygen atoms in total. The Bertz CT molecular complexity index is 175. The van der Waals surface area contributed by atoms with Gasteiger partial charge in [0.05, 0.1) is 0 Å². The molecule has 0 aliphatic rings. The Hall–Kier alpha value is -0.390. The first kappa shape index (κ1) is 15.6. The SMILES string of the molecule is CCN(CC)CCNC(=S)NCCCOC. The van der Waals surface area contributed by atoms with E-state index in [2.05, 4.69) is 29.4 Å². The molecule has 0 aromatic rings. The fraction of sp³-hybridized carbons (Fsp3) is 0.909. The van der Waals surface area contributed by atoms with Gasteiger partial charge in [-0.2, -0.15) is 0 Å². The predicted molar refractivity (Wildman–Crippen MR) is 72.9 cm³/mol. The van der Waals surface area contributed by atoms with Gasteiger partial charge < -0.3 is 20.3 Å². The molecule has 5 heteroatoms. The van der Waals surface area contributed by atoms with Crippen LogP contribution < -0.4 is 10.6 Å². The van der Waals surface area contributed by atoms with Gasteiger partial charge in [0.25, 0.3) is 0 Å². The summed E-state index contributed by atoms with van der Waals surface area (Å²) in [4.78, 5) is 2.36. The molecule has 0 aliphatic carbocycles. The van der Waals surface area contributed by atoms with E-state index < -0.39 is 0 Å². The molecule has 0 rings (SSSR count). The van der Waals surface area contributed by atoms with Crippen molar-refractivity contribution in [2.24, 2.45) is 0 Å². The van der Waals surface area contributed by atoms with Gasteiger partial charge >= 0.3 is 0 Å². The highest BCUT2D eigenvalue weighted by atomic mass is 32.1. The highest BCUT2D eigenvalue weighted by molar-refractivity contribution is 7.80. The molecule has 0 saturated heterocycles. The molecular weight excluding hydrogens is 222 g/mol. The van der Waals surface area contributed by atoms with E-state index in [-0.39, 0.29) is 0 Å². The van der Waals surface area contributed by atoms with Gasteiger partial charge in [0.15, 0.2) is 5.11 Å². The molecule has 0 atom stereocenters. The first-order valence-electron chi connectivity index (χ1n) is 5.97. The summed E-state index contributed by atoms with van der Waals surface area (Å²) >= 11 is 5.15. The monoisotopic (exact) mass is 247 g/mol. The molecule has 96 valence electrons. The van der Waals surface area contributed by atoms with Crippen molar-refractivity contribution < 1.29 is 4.74 Å². The van der Waals surface area contributed by atoms with E-state index in [1.165, 1.54) is 0 Å². The smallest absolute Gasteiger partial charge is 0.166 e. The fourth-order valence-corrected chi connectivity index (χ4v) is 1.55. The standard InChI is InChI=1S/C11H25N3OS/c1-4-14(5-2)9-8-13-11(16)12-7-6-10-15-3/h4-10H2,1-3H3,(H2,12,13,16).